The fourth-order valence-electron chi connectivity index (χ4n) is 3.16. The summed E-state index contributed by atoms with van der Waals surface area (Å²) in [4.78, 5) is 34.9. The SMILES string of the molecule is Cc1cc(C)n2nc(C(=O)Nc3ccccc3N3CCCC3=O)nc2n1. The number of anilines is 2. The number of para-hydroxylation sites is 2. The quantitative estimate of drug-likeness (QED) is 0.781. The molecule has 4 rings (SSSR count). The highest BCUT2D eigenvalue weighted by Crippen LogP contribution is 2.29. The molecule has 3 heterocycles. The van der Waals surface area contributed by atoms with Gasteiger partial charge in [-0.25, -0.2) is 9.50 Å². The second-order valence-electron chi connectivity index (χ2n) is 6.31. The van der Waals surface area contributed by atoms with Gasteiger partial charge < -0.3 is 10.2 Å². The third-order valence-corrected chi connectivity index (χ3v) is 4.34. The van der Waals surface area contributed by atoms with Crippen molar-refractivity contribution < 1.29 is 9.59 Å². The van der Waals surface area contributed by atoms with Crippen molar-refractivity contribution >= 4 is 29.0 Å². The molecule has 0 saturated carbocycles. The van der Waals surface area contributed by atoms with Crippen molar-refractivity contribution in [2.75, 3.05) is 16.8 Å². The molecule has 2 amide bonds. The molecule has 0 unspecified atom stereocenters. The average molecular weight is 350 g/mol. The number of amides is 2. The van der Waals surface area contributed by atoms with Gasteiger partial charge in [0.15, 0.2) is 0 Å². The van der Waals surface area contributed by atoms with E-state index in [2.05, 4.69) is 20.4 Å². The summed E-state index contributed by atoms with van der Waals surface area (Å²) in [6.07, 6.45) is 1.35. The fraction of sp³-hybridized carbons (Fsp3) is 0.278. The van der Waals surface area contributed by atoms with E-state index in [4.69, 9.17) is 0 Å². The van der Waals surface area contributed by atoms with Crippen molar-refractivity contribution in [3.63, 3.8) is 0 Å². The highest BCUT2D eigenvalue weighted by atomic mass is 16.2. The van der Waals surface area contributed by atoms with E-state index in [9.17, 15) is 9.59 Å². The monoisotopic (exact) mass is 350 g/mol. The molecule has 8 heteroatoms. The number of benzene rings is 1. The lowest BCUT2D eigenvalue weighted by Crippen LogP contribution is -2.25. The van der Waals surface area contributed by atoms with E-state index >= 15 is 0 Å². The van der Waals surface area contributed by atoms with E-state index in [1.54, 1.807) is 11.0 Å². The molecule has 0 radical (unpaired) electrons. The van der Waals surface area contributed by atoms with Crippen molar-refractivity contribution in [3.05, 3.63) is 47.5 Å². The second-order valence-corrected chi connectivity index (χ2v) is 6.31. The average Bonchev–Trinajstić information content (AvgIpc) is 3.22. The molecule has 1 saturated heterocycles. The van der Waals surface area contributed by atoms with Gasteiger partial charge in [-0.05, 0) is 38.5 Å². The predicted octanol–water partition coefficient (Wildman–Crippen LogP) is 2.12. The lowest BCUT2D eigenvalue weighted by atomic mass is 10.2. The van der Waals surface area contributed by atoms with Gasteiger partial charge >= 0.3 is 0 Å². The maximum Gasteiger partial charge on any atom is 0.295 e. The molecule has 3 aromatic rings. The molecular weight excluding hydrogens is 332 g/mol. The van der Waals surface area contributed by atoms with E-state index in [1.165, 1.54) is 4.52 Å². The molecule has 0 atom stereocenters. The van der Waals surface area contributed by atoms with Crippen molar-refractivity contribution in [1.29, 1.82) is 0 Å². The van der Waals surface area contributed by atoms with Crippen LogP contribution in [-0.4, -0.2) is 37.9 Å². The molecule has 1 fully saturated rings. The molecule has 0 bridgehead atoms. The Bertz CT molecular complexity index is 1030. The highest BCUT2D eigenvalue weighted by molar-refractivity contribution is 6.06. The molecule has 8 nitrogen and oxygen atoms in total. The number of aryl methyl sites for hydroxylation is 2. The minimum Gasteiger partial charge on any atom is -0.317 e. The number of carbonyl (C=O) groups excluding carboxylic acids is 2. The van der Waals surface area contributed by atoms with Gasteiger partial charge in [-0.15, -0.1) is 5.10 Å². The standard InChI is InChI=1S/C18H18N6O2/c1-11-10-12(2)24-18(19-11)21-16(22-24)17(26)20-13-6-3-4-7-14(13)23-9-5-8-15(23)25/h3-4,6-7,10H,5,8-9H2,1-2H3,(H,20,26). The van der Waals surface area contributed by atoms with Gasteiger partial charge in [-0.3, -0.25) is 9.59 Å². The van der Waals surface area contributed by atoms with Crippen molar-refractivity contribution in [1.82, 2.24) is 19.6 Å². The largest absolute Gasteiger partial charge is 0.317 e. The molecule has 1 aliphatic heterocycles. The number of nitrogens with one attached hydrogen (secondary N) is 1. The number of aromatic nitrogens is 4. The molecular formula is C18H18N6O2. The van der Waals surface area contributed by atoms with Crippen LogP contribution in [-0.2, 0) is 4.79 Å². The minimum atomic E-state index is -0.438. The Morgan fingerprint density at radius 2 is 2.00 bits per heavy atom. The summed E-state index contributed by atoms with van der Waals surface area (Å²) in [5, 5.41) is 7.06. The van der Waals surface area contributed by atoms with Gasteiger partial charge in [0.25, 0.3) is 11.7 Å². The number of nitrogens with zero attached hydrogens (tertiary/aromatic N) is 5. The Kier molecular flexibility index (Phi) is 3.87. The third-order valence-electron chi connectivity index (χ3n) is 4.34. The lowest BCUT2D eigenvalue weighted by Gasteiger charge is -2.19. The van der Waals surface area contributed by atoms with Crippen LogP contribution >= 0.6 is 0 Å². The molecule has 1 N–H and O–H groups in total. The maximum atomic E-state index is 12.6. The van der Waals surface area contributed by atoms with Gasteiger partial charge in [-0.1, -0.05) is 12.1 Å². The summed E-state index contributed by atoms with van der Waals surface area (Å²) in [6.45, 7) is 4.40. The molecule has 0 spiro atoms. The summed E-state index contributed by atoms with van der Waals surface area (Å²) in [7, 11) is 0. The van der Waals surface area contributed by atoms with Gasteiger partial charge in [0.1, 0.15) is 0 Å². The summed E-state index contributed by atoms with van der Waals surface area (Å²) < 4.78 is 1.54. The summed E-state index contributed by atoms with van der Waals surface area (Å²) in [5.41, 5.74) is 2.92. The highest BCUT2D eigenvalue weighted by Gasteiger charge is 2.25. The lowest BCUT2D eigenvalue weighted by molar-refractivity contribution is -0.117. The van der Waals surface area contributed by atoms with Crippen molar-refractivity contribution in [2.45, 2.75) is 26.7 Å². The maximum absolute atomic E-state index is 12.6. The van der Waals surface area contributed by atoms with E-state index in [0.717, 1.165) is 17.8 Å². The Morgan fingerprint density at radius 3 is 2.77 bits per heavy atom. The van der Waals surface area contributed by atoms with Gasteiger partial charge in [-0.2, -0.15) is 4.98 Å². The van der Waals surface area contributed by atoms with Gasteiger partial charge in [0, 0.05) is 24.4 Å². The minimum absolute atomic E-state index is 0.0359. The van der Waals surface area contributed by atoms with Crippen LogP contribution in [0.4, 0.5) is 11.4 Å². The van der Waals surface area contributed by atoms with E-state index in [-0.39, 0.29) is 11.7 Å². The molecule has 0 aliphatic carbocycles. The molecule has 2 aromatic heterocycles. The number of fused-ring (bicyclic) bond motifs is 1. The molecule has 132 valence electrons. The zero-order chi connectivity index (χ0) is 18.3. The first-order valence-corrected chi connectivity index (χ1v) is 8.45. The summed E-state index contributed by atoms with van der Waals surface area (Å²) in [5.74, 6) is 0.0453. The van der Waals surface area contributed by atoms with Crippen LogP contribution < -0.4 is 10.2 Å². The van der Waals surface area contributed by atoms with Crippen LogP contribution in [0.25, 0.3) is 5.78 Å². The van der Waals surface area contributed by atoms with Crippen LogP contribution in [0, 0.1) is 13.8 Å². The van der Waals surface area contributed by atoms with Crippen LogP contribution in [0.2, 0.25) is 0 Å². The Hall–Kier alpha value is -3.29. The molecule has 1 aliphatic rings. The number of carbonyl (C=O) groups is 2. The Morgan fingerprint density at radius 1 is 1.19 bits per heavy atom. The topological polar surface area (TPSA) is 92.5 Å². The number of hydrogen-bond donors (Lipinski definition) is 1. The Labute approximate surface area is 149 Å². The van der Waals surface area contributed by atoms with E-state index < -0.39 is 5.91 Å². The van der Waals surface area contributed by atoms with E-state index in [1.807, 2.05) is 38.1 Å². The van der Waals surface area contributed by atoms with Crippen molar-refractivity contribution in [2.24, 2.45) is 0 Å². The second kappa shape index (κ2) is 6.21. The normalized spacial score (nSPS) is 14.2. The van der Waals surface area contributed by atoms with Crippen LogP contribution in [0.15, 0.2) is 30.3 Å². The van der Waals surface area contributed by atoms with Crippen molar-refractivity contribution in [3.8, 4) is 0 Å². The van der Waals surface area contributed by atoms with Crippen LogP contribution in [0.1, 0.15) is 34.8 Å². The molecule has 1 aromatic carbocycles. The first-order valence-electron chi connectivity index (χ1n) is 8.45. The summed E-state index contributed by atoms with van der Waals surface area (Å²) in [6, 6.07) is 9.12. The summed E-state index contributed by atoms with van der Waals surface area (Å²) >= 11 is 0. The predicted molar refractivity (Wildman–Crippen MR) is 96.2 cm³/mol. The first-order chi connectivity index (χ1) is 12.5. The van der Waals surface area contributed by atoms with E-state index in [0.29, 0.717) is 30.1 Å². The van der Waals surface area contributed by atoms with Crippen LogP contribution in [0.5, 0.6) is 0 Å². The fourth-order valence-corrected chi connectivity index (χ4v) is 3.16. The number of rotatable bonds is 3. The van der Waals surface area contributed by atoms with Gasteiger partial charge in [0.2, 0.25) is 11.7 Å². The van der Waals surface area contributed by atoms with Crippen LogP contribution in [0.3, 0.4) is 0 Å². The molecule has 26 heavy (non-hydrogen) atoms. The smallest absolute Gasteiger partial charge is 0.295 e. The first kappa shape index (κ1) is 16.2. The Balaban J connectivity index is 1.65. The number of hydrogen-bond acceptors (Lipinski definition) is 5. The zero-order valence-electron chi connectivity index (χ0n) is 14.6. The third kappa shape index (κ3) is 2.79. The zero-order valence-corrected chi connectivity index (χ0v) is 14.6. The van der Waals surface area contributed by atoms with Gasteiger partial charge in [0.05, 0.1) is 11.4 Å².